The monoisotopic (exact) mass is 396 g/mol. The zero-order valence-corrected chi connectivity index (χ0v) is 14.8. The molecule has 0 saturated heterocycles. The minimum Gasteiger partial charge on any atom is -0.484 e. The predicted octanol–water partition coefficient (Wildman–Crippen LogP) is 5.01. The van der Waals surface area contributed by atoms with E-state index < -0.39 is 17.8 Å². The van der Waals surface area contributed by atoms with Crippen LogP contribution in [-0.4, -0.2) is 10.9 Å². The van der Waals surface area contributed by atoms with Crippen LogP contribution < -0.4 is 10.1 Å². The summed E-state index contributed by atoms with van der Waals surface area (Å²) in [6.07, 6.45) is -1.09. The van der Waals surface area contributed by atoms with Crippen molar-refractivity contribution in [3.05, 3.63) is 71.0 Å². The van der Waals surface area contributed by atoms with Gasteiger partial charge in [-0.15, -0.1) is 0 Å². The zero-order valence-electron chi connectivity index (χ0n) is 14.1. The fraction of sp³-hybridized carbons (Fsp3) is 0.263. The first kappa shape index (κ1) is 19.2. The summed E-state index contributed by atoms with van der Waals surface area (Å²) >= 11 is 6.04. The van der Waals surface area contributed by atoms with Crippen molar-refractivity contribution in [1.29, 1.82) is 0 Å². The van der Waals surface area contributed by atoms with Crippen LogP contribution in [0.1, 0.15) is 41.8 Å². The number of carbonyl (C=O) groups excluding carboxylic acids is 1. The van der Waals surface area contributed by atoms with E-state index in [1.165, 1.54) is 24.4 Å². The molecule has 0 saturated carbocycles. The van der Waals surface area contributed by atoms with E-state index in [0.717, 1.165) is 17.7 Å². The first-order chi connectivity index (χ1) is 12.8. The highest BCUT2D eigenvalue weighted by molar-refractivity contribution is 6.30. The summed E-state index contributed by atoms with van der Waals surface area (Å²) in [5.74, 6) is -0.00249. The maximum Gasteiger partial charge on any atom is 0.416 e. The summed E-state index contributed by atoms with van der Waals surface area (Å²) in [4.78, 5) is 16.0. The van der Waals surface area contributed by atoms with E-state index in [1.54, 1.807) is 6.07 Å². The van der Waals surface area contributed by atoms with Crippen LogP contribution in [0.2, 0.25) is 5.02 Å². The maximum atomic E-state index is 12.7. The van der Waals surface area contributed by atoms with Crippen LogP contribution in [0, 0.1) is 0 Å². The first-order valence-corrected chi connectivity index (χ1v) is 8.58. The van der Waals surface area contributed by atoms with Crippen molar-refractivity contribution in [2.75, 3.05) is 0 Å². The Bertz CT molecular complexity index is 853. The van der Waals surface area contributed by atoms with Gasteiger partial charge in [0.25, 0.3) is 0 Å². The molecule has 1 heterocycles. The number of fused-ring (bicyclic) bond motifs is 1. The van der Waals surface area contributed by atoms with Crippen molar-refractivity contribution in [2.24, 2.45) is 0 Å². The highest BCUT2D eigenvalue weighted by Crippen LogP contribution is 2.39. The van der Waals surface area contributed by atoms with Crippen LogP contribution >= 0.6 is 11.6 Å². The van der Waals surface area contributed by atoms with Gasteiger partial charge in [0, 0.05) is 11.8 Å². The van der Waals surface area contributed by atoms with Crippen LogP contribution in [-0.2, 0) is 11.0 Å². The molecular formula is C19H16ClF3N2O2. The molecule has 2 aromatic rings. The van der Waals surface area contributed by atoms with E-state index >= 15 is 0 Å². The minimum absolute atomic E-state index is 0.288. The Labute approximate surface area is 159 Å². The highest BCUT2D eigenvalue weighted by atomic mass is 35.5. The van der Waals surface area contributed by atoms with E-state index in [0.29, 0.717) is 29.3 Å². The number of nitrogens with zero attached hydrogens (tertiary/aromatic N) is 1. The standard InChI is InChI=1S/C19H16ClF3N2O2/c1-2-17(26)25-15-7-8-16(18-14(15)9-12(20)10-24-18)27-13-5-3-11(4-6-13)19(21,22)23/h2-6,9-10,15-16H,1,7-8H2,(H,25,26)/t15-,16+/m1/s1. The third-order valence-corrected chi connectivity index (χ3v) is 4.48. The first-order valence-electron chi connectivity index (χ1n) is 8.20. The maximum absolute atomic E-state index is 12.7. The number of halogens is 4. The summed E-state index contributed by atoms with van der Waals surface area (Å²) in [5.41, 5.74) is 0.580. The lowest BCUT2D eigenvalue weighted by atomic mass is 9.89. The van der Waals surface area contributed by atoms with Gasteiger partial charge in [0.15, 0.2) is 0 Å². The van der Waals surface area contributed by atoms with Crippen molar-refractivity contribution in [2.45, 2.75) is 31.2 Å². The molecule has 0 unspecified atom stereocenters. The van der Waals surface area contributed by atoms with Crippen molar-refractivity contribution in [1.82, 2.24) is 10.3 Å². The van der Waals surface area contributed by atoms with Crippen LogP contribution in [0.4, 0.5) is 13.2 Å². The Hall–Kier alpha value is -2.54. The quantitative estimate of drug-likeness (QED) is 0.739. The normalized spacial score (nSPS) is 19.1. The van der Waals surface area contributed by atoms with Crippen LogP contribution in [0.5, 0.6) is 5.75 Å². The van der Waals surface area contributed by atoms with E-state index in [1.807, 2.05) is 0 Å². The predicted molar refractivity (Wildman–Crippen MR) is 94.4 cm³/mol. The molecule has 3 rings (SSSR count). The van der Waals surface area contributed by atoms with Gasteiger partial charge in [-0.2, -0.15) is 13.2 Å². The number of amides is 1. The van der Waals surface area contributed by atoms with E-state index in [9.17, 15) is 18.0 Å². The molecule has 1 aromatic heterocycles. The van der Waals surface area contributed by atoms with Crippen molar-refractivity contribution < 1.29 is 22.7 Å². The van der Waals surface area contributed by atoms with Gasteiger partial charge in [0.05, 0.1) is 22.3 Å². The number of rotatable bonds is 4. The second-order valence-electron chi connectivity index (χ2n) is 6.10. The highest BCUT2D eigenvalue weighted by Gasteiger charge is 2.32. The molecule has 0 fully saturated rings. The lowest BCUT2D eigenvalue weighted by molar-refractivity contribution is -0.137. The summed E-state index contributed by atoms with van der Waals surface area (Å²) in [6.45, 7) is 3.44. The number of ether oxygens (including phenoxy) is 1. The Morgan fingerprint density at radius 2 is 2.00 bits per heavy atom. The van der Waals surface area contributed by atoms with Crippen molar-refractivity contribution >= 4 is 17.5 Å². The lowest BCUT2D eigenvalue weighted by Crippen LogP contribution is -2.32. The van der Waals surface area contributed by atoms with E-state index in [4.69, 9.17) is 16.3 Å². The van der Waals surface area contributed by atoms with Crippen LogP contribution in [0.15, 0.2) is 49.2 Å². The number of alkyl halides is 3. The fourth-order valence-corrected chi connectivity index (χ4v) is 3.17. The molecule has 4 nitrogen and oxygen atoms in total. The number of nitrogens with one attached hydrogen (secondary N) is 1. The molecule has 8 heteroatoms. The van der Waals surface area contributed by atoms with Gasteiger partial charge in [-0.3, -0.25) is 9.78 Å². The van der Waals surface area contributed by atoms with Gasteiger partial charge >= 0.3 is 6.18 Å². The topological polar surface area (TPSA) is 51.2 Å². The number of aromatic nitrogens is 1. The third-order valence-electron chi connectivity index (χ3n) is 4.28. The molecule has 0 radical (unpaired) electrons. The second kappa shape index (κ2) is 7.60. The molecule has 1 aliphatic carbocycles. The zero-order chi connectivity index (χ0) is 19.6. The SMILES string of the molecule is C=CC(=O)N[C@@H]1CC[C@H](Oc2ccc(C(F)(F)F)cc2)c2ncc(Cl)cc21. The molecule has 1 N–H and O–H groups in total. The number of carbonyl (C=O) groups is 1. The number of pyridine rings is 1. The van der Waals surface area contributed by atoms with E-state index in [2.05, 4.69) is 16.9 Å². The molecule has 142 valence electrons. The van der Waals surface area contributed by atoms with Gasteiger partial charge in [-0.05, 0) is 49.2 Å². The summed E-state index contributed by atoms with van der Waals surface area (Å²) in [7, 11) is 0. The third kappa shape index (κ3) is 4.42. The molecule has 1 aliphatic rings. The Kier molecular flexibility index (Phi) is 5.41. The molecule has 0 spiro atoms. The molecular weight excluding hydrogens is 381 g/mol. The van der Waals surface area contributed by atoms with Crippen LogP contribution in [0.25, 0.3) is 0 Å². The number of hydrogen-bond acceptors (Lipinski definition) is 3. The van der Waals surface area contributed by atoms with E-state index in [-0.39, 0.29) is 11.9 Å². The van der Waals surface area contributed by atoms with Gasteiger partial charge in [-0.1, -0.05) is 18.2 Å². The summed E-state index contributed by atoms with van der Waals surface area (Å²) < 4.78 is 43.9. The second-order valence-corrected chi connectivity index (χ2v) is 6.54. The lowest BCUT2D eigenvalue weighted by Gasteiger charge is -2.31. The Morgan fingerprint density at radius 3 is 2.63 bits per heavy atom. The summed E-state index contributed by atoms with van der Waals surface area (Å²) in [6, 6.07) is 5.93. The molecule has 2 atom stereocenters. The number of hydrogen-bond donors (Lipinski definition) is 1. The summed E-state index contributed by atoms with van der Waals surface area (Å²) in [5, 5.41) is 3.24. The molecule has 1 aromatic carbocycles. The van der Waals surface area contributed by atoms with Gasteiger partial charge < -0.3 is 10.1 Å². The molecule has 27 heavy (non-hydrogen) atoms. The van der Waals surface area contributed by atoms with Crippen LogP contribution in [0.3, 0.4) is 0 Å². The molecule has 0 bridgehead atoms. The average molecular weight is 397 g/mol. The molecule has 1 amide bonds. The fourth-order valence-electron chi connectivity index (χ4n) is 3.01. The largest absolute Gasteiger partial charge is 0.484 e. The smallest absolute Gasteiger partial charge is 0.416 e. The Morgan fingerprint density at radius 1 is 1.30 bits per heavy atom. The minimum atomic E-state index is -4.40. The van der Waals surface area contributed by atoms with Gasteiger partial charge in [0.1, 0.15) is 11.9 Å². The van der Waals surface area contributed by atoms with Gasteiger partial charge in [0.2, 0.25) is 5.91 Å². The van der Waals surface area contributed by atoms with Crippen molar-refractivity contribution in [3.8, 4) is 5.75 Å². The van der Waals surface area contributed by atoms with Gasteiger partial charge in [-0.25, -0.2) is 0 Å². The number of benzene rings is 1. The molecule has 0 aliphatic heterocycles. The average Bonchev–Trinajstić information content (AvgIpc) is 2.63. The van der Waals surface area contributed by atoms with Crippen molar-refractivity contribution in [3.63, 3.8) is 0 Å². The Balaban J connectivity index is 1.83.